The minimum Gasteiger partial charge on any atom is -0.481 e. The summed E-state index contributed by atoms with van der Waals surface area (Å²) in [6, 6.07) is 2.06. The van der Waals surface area contributed by atoms with Crippen molar-refractivity contribution in [2.45, 2.75) is 17.7 Å². The van der Waals surface area contributed by atoms with Crippen LogP contribution in [0.2, 0.25) is 0 Å². The Balaban J connectivity index is 2.12. The average Bonchev–Trinajstić information content (AvgIpc) is 2.50. The van der Waals surface area contributed by atoms with E-state index in [1.807, 2.05) is 0 Å². The molecule has 1 atom stereocenters. The van der Waals surface area contributed by atoms with Gasteiger partial charge in [0, 0.05) is 19.8 Å². The van der Waals surface area contributed by atoms with Gasteiger partial charge in [-0.25, -0.2) is 21.9 Å². The maximum Gasteiger partial charge on any atom is 0.308 e. The van der Waals surface area contributed by atoms with Crippen LogP contribution in [0, 0.1) is 23.5 Å². The molecular formula is C14H17F2NO5S. The van der Waals surface area contributed by atoms with E-state index in [-0.39, 0.29) is 5.92 Å². The van der Waals surface area contributed by atoms with E-state index in [9.17, 15) is 27.1 Å². The fourth-order valence-corrected chi connectivity index (χ4v) is 3.68. The number of hydrogen-bond acceptors (Lipinski definition) is 4. The van der Waals surface area contributed by atoms with Crippen molar-refractivity contribution in [2.24, 2.45) is 11.8 Å². The third kappa shape index (κ3) is 4.46. The lowest BCUT2D eigenvalue weighted by Crippen LogP contribution is -2.39. The maximum absolute atomic E-state index is 13.6. The van der Waals surface area contributed by atoms with E-state index in [0.717, 1.165) is 6.07 Å². The Bertz CT molecular complexity index is 674. The number of benzene rings is 1. The molecule has 1 aliphatic heterocycles. The highest BCUT2D eigenvalue weighted by Crippen LogP contribution is 2.24. The van der Waals surface area contributed by atoms with E-state index >= 15 is 0 Å². The first-order valence-corrected chi connectivity index (χ1v) is 8.55. The quantitative estimate of drug-likeness (QED) is 0.809. The third-order valence-corrected chi connectivity index (χ3v) is 5.27. The summed E-state index contributed by atoms with van der Waals surface area (Å²) >= 11 is 0. The second kappa shape index (κ2) is 7.33. The molecule has 0 radical (unpaired) electrons. The summed E-state index contributed by atoms with van der Waals surface area (Å²) in [6.45, 7) is 0.442. The largest absolute Gasteiger partial charge is 0.481 e. The molecule has 1 unspecified atom stereocenters. The molecule has 0 aromatic heterocycles. The Hall–Kier alpha value is -1.58. The minimum atomic E-state index is -4.34. The monoisotopic (exact) mass is 349 g/mol. The van der Waals surface area contributed by atoms with Gasteiger partial charge in [-0.2, -0.15) is 0 Å². The second-order valence-electron chi connectivity index (χ2n) is 5.32. The van der Waals surface area contributed by atoms with E-state index in [1.54, 1.807) is 0 Å². The van der Waals surface area contributed by atoms with Crippen LogP contribution in [0.5, 0.6) is 0 Å². The van der Waals surface area contributed by atoms with Gasteiger partial charge in [0.25, 0.3) is 0 Å². The predicted octanol–water partition coefficient (Wildman–Crippen LogP) is 1.37. The molecule has 1 saturated heterocycles. The van der Waals surface area contributed by atoms with E-state index in [0.29, 0.717) is 38.2 Å². The van der Waals surface area contributed by atoms with E-state index < -0.39 is 45.0 Å². The topological polar surface area (TPSA) is 92.7 Å². The first-order valence-electron chi connectivity index (χ1n) is 7.06. The Labute approximate surface area is 132 Å². The Morgan fingerprint density at radius 3 is 2.61 bits per heavy atom. The van der Waals surface area contributed by atoms with Crippen LogP contribution in [0.25, 0.3) is 0 Å². The summed E-state index contributed by atoms with van der Waals surface area (Å²) in [5.41, 5.74) is 0. The molecule has 0 aliphatic carbocycles. The van der Waals surface area contributed by atoms with E-state index in [4.69, 9.17) is 4.74 Å². The normalized spacial score (nSPS) is 17.8. The van der Waals surface area contributed by atoms with Gasteiger partial charge in [-0.05, 0) is 37.0 Å². The van der Waals surface area contributed by atoms with Crippen molar-refractivity contribution in [1.29, 1.82) is 0 Å². The van der Waals surface area contributed by atoms with Gasteiger partial charge < -0.3 is 9.84 Å². The number of carboxylic acids is 1. The van der Waals surface area contributed by atoms with Crippen molar-refractivity contribution in [3.63, 3.8) is 0 Å². The number of carbonyl (C=O) groups is 1. The number of hydrogen-bond donors (Lipinski definition) is 2. The number of rotatable bonds is 6. The van der Waals surface area contributed by atoms with Crippen LogP contribution in [0.1, 0.15) is 12.8 Å². The summed E-state index contributed by atoms with van der Waals surface area (Å²) < 4.78 is 58.1. The first-order chi connectivity index (χ1) is 10.8. The van der Waals surface area contributed by atoms with Gasteiger partial charge >= 0.3 is 5.97 Å². The lowest BCUT2D eigenvalue weighted by molar-refractivity contribution is -0.144. The molecule has 0 bridgehead atoms. The van der Waals surface area contributed by atoms with Gasteiger partial charge in [-0.15, -0.1) is 0 Å². The molecule has 0 spiro atoms. The highest BCUT2D eigenvalue weighted by Gasteiger charge is 2.31. The fourth-order valence-electron chi connectivity index (χ4n) is 2.53. The molecule has 1 fully saturated rings. The van der Waals surface area contributed by atoms with Crippen molar-refractivity contribution in [1.82, 2.24) is 4.72 Å². The SMILES string of the molecule is O=C(O)C(CNS(=O)(=O)c1cc(F)ccc1F)C1CCOCC1. The Morgan fingerprint density at radius 2 is 2.00 bits per heavy atom. The highest BCUT2D eigenvalue weighted by atomic mass is 32.2. The molecule has 128 valence electrons. The van der Waals surface area contributed by atoms with Gasteiger partial charge in [0.2, 0.25) is 10.0 Å². The Morgan fingerprint density at radius 1 is 1.35 bits per heavy atom. The highest BCUT2D eigenvalue weighted by molar-refractivity contribution is 7.89. The zero-order chi connectivity index (χ0) is 17.0. The number of halogens is 2. The molecule has 0 amide bonds. The maximum atomic E-state index is 13.6. The fraction of sp³-hybridized carbons (Fsp3) is 0.500. The van der Waals surface area contributed by atoms with Gasteiger partial charge in [-0.1, -0.05) is 0 Å². The van der Waals surface area contributed by atoms with Crippen LogP contribution in [0.4, 0.5) is 8.78 Å². The van der Waals surface area contributed by atoms with Crippen molar-refractivity contribution < 1.29 is 31.8 Å². The zero-order valence-electron chi connectivity index (χ0n) is 12.2. The molecule has 1 aromatic carbocycles. The molecule has 0 saturated carbocycles. The van der Waals surface area contributed by atoms with Crippen LogP contribution in [-0.2, 0) is 19.6 Å². The van der Waals surface area contributed by atoms with Crippen LogP contribution < -0.4 is 4.72 Å². The summed E-state index contributed by atoms with van der Waals surface area (Å²) in [5.74, 6) is -4.33. The average molecular weight is 349 g/mol. The summed E-state index contributed by atoms with van der Waals surface area (Å²) in [6.07, 6.45) is 1.01. The summed E-state index contributed by atoms with van der Waals surface area (Å²) in [4.78, 5) is 10.5. The van der Waals surface area contributed by atoms with Crippen molar-refractivity contribution in [3.8, 4) is 0 Å². The third-order valence-electron chi connectivity index (χ3n) is 3.83. The lowest BCUT2D eigenvalue weighted by Gasteiger charge is -2.27. The molecule has 6 nitrogen and oxygen atoms in total. The number of sulfonamides is 1. The van der Waals surface area contributed by atoms with Crippen LogP contribution in [-0.4, -0.2) is 39.3 Å². The molecule has 23 heavy (non-hydrogen) atoms. The summed E-state index contributed by atoms with van der Waals surface area (Å²) in [7, 11) is -4.34. The molecule has 1 heterocycles. The van der Waals surface area contributed by atoms with Crippen molar-refractivity contribution in [2.75, 3.05) is 19.8 Å². The Kier molecular flexibility index (Phi) is 5.66. The molecular weight excluding hydrogens is 332 g/mol. The molecule has 9 heteroatoms. The molecule has 1 aromatic rings. The smallest absolute Gasteiger partial charge is 0.308 e. The summed E-state index contributed by atoms with van der Waals surface area (Å²) in [5, 5.41) is 9.28. The van der Waals surface area contributed by atoms with Crippen LogP contribution in [0.3, 0.4) is 0 Å². The first kappa shape index (κ1) is 17.8. The number of ether oxygens (including phenoxy) is 1. The second-order valence-corrected chi connectivity index (χ2v) is 7.06. The van der Waals surface area contributed by atoms with E-state index in [1.165, 1.54) is 0 Å². The number of carboxylic acid groups (broad SMARTS) is 1. The van der Waals surface area contributed by atoms with Gasteiger partial charge in [0.05, 0.1) is 5.92 Å². The van der Waals surface area contributed by atoms with E-state index in [2.05, 4.69) is 4.72 Å². The molecule has 1 aliphatic rings. The number of aliphatic carboxylic acids is 1. The minimum absolute atomic E-state index is 0.235. The van der Waals surface area contributed by atoms with Crippen LogP contribution in [0.15, 0.2) is 23.1 Å². The van der Waals surface area contributed by atoms with Crippen molar-refractivity contribution >= 4 is 16.0 Å². The number of nitrogens with one attached hydrogen (secondary N) is 1. The molecule has 2 N–H and O–H groups in total. The van der Waals surface area contributed by atoms with Gasteiger partial charge in [0.15, 0.2) is 0 Å². The molecule has 2 rings (SSSR count). The standard InChI is InChI=1S/C14H17F2NO5S/c15-10-1-2-12(16)13(7-10)23(20,21)17-8-11(14(18)19)9-3-5-22-6-4-9/h1-2,7,9,11,17H,3-6,8H2,(H,18,19). The van der Waals surface area contributed by atoms with Gasteiger partial charge in [-0.3, -0.25) is 4.79 Å². The predicted molar refractivity (Wildman–Crippen MR) is 76.2 cm³/mol. The van der Waals surface area contributed by atoms with Crippen molar-refractivity contribution in [3.05, 3.63) is 29.8 Å². The van der Waals surface area contributed by atoms with Gasteiger partial charge in [0.1, 0.15) is 16.5 Å². The zero-order valence-corrected chi connectivity index (χ0v) is 13.0. The van der Waals surface area contributed by atoms with Crippen LogP contribution >= 0.6 is 0 Å². The lowest BCUT2D eigenvalue weighted by atomic mass is 9.86.